The highest BCUT2D eigenvalue weighted by Gasteiger charge is 2.34. The lowest BCUT2D eigenvalue weighted by molar-refractivity contribution is -0.151. The van der Waals surface area contributed by atoms with E-state index in [-0.39, 0.29) is 24.0 Å². The number of benzene rings is 1. The number of amides is 3. The molecule has 3 N–H and O–H groups in total. The van der Waals surface area contributed by atoms with Gasteiger partial charge in [0.05, 0.1) is 7.11 Å². The number of rotatable bonds is 9. The third-order valence-electron chi connectivity index (χ3n) is 5.79. The lowest BCUT2D eigenvalue weighted by Crippen LogP contribution is -2.62. The number of hydrogen-bond donors (Lipinski definition) is 3. The van der Waals surface area contributed by atoms with E-state index in [1.165, 1.54) is 19.0 Å². The average molecular weight is 549 g/mol. The minimum absolute atomic E-state index is 0.0437. The fraction of sp³-hybridized carbons (Fsp3) is 0.593. The zero-order chi connectivity index (χ0) is 29.3. The molecule has 3 amide bonds. The second kappa shape index (κ2) is 13.9. The molecular weight excluding hydrogens is 508 g/mol. The number of hydrazine groups is 1. The van der Waals surface area contributed by atoms with E-state index in [1.54, 1.807) is 58.9 Å². The Balaban J connectivity index is 2.29. The van der Waals surface area contributed by atoms with Crippen molar-refractivity contribution in [2.75, 3.05) is 13.7 Å². The summed E-state index contributed by atoms with van der Waals surface area (Å²) in [5.41, 5.74) is 2.75. The van der Waals surface area contributed by atoms with Crippen LogP contribution in [0.5, 0.6) is 5.75 Å². The molecule has 1 aromatic carbocycles. The predicted molar refractivity (Wildman–Crippen MR) is 141 cm³/mol. The lowest BCUT2D eigenvalue weighted by atomic mass is 10.0. The highest BCUT2D eigenvalue weighted by atomic mass is 16.7. The Labute approximate surface area is 229 Å². The molecule has 1 heterocycles. The average Bonchev–Trinajstić information content (AvgIpc) is 2.84. The van der Waals surface area contributed by atoms with Crippen LogP contribution in [0.4, 0.5) is 4.79 Å². The number of nitrogens with zero attached hydrogens (tertiary/aromatic N) is 1. The maximum atomic E-state index is 13.6. The van der Waals surface area contributed by atoms with Crippen molar-refractivity contribution in [2.45, 2.75) is 84.5 Å². The fourth-order valence-electron chi connectivity index (χ4n) is 4.00. The van der Waals surface area contributed by atoms with Gasteiger partial charge in [-0.2, -0.15) is 0 Å². The molecule has 0 unspecified atom stereocenters. The Morgan fingerprint density at radius 1 is 1.13 bits per heavy atom. The van der Waals surface area contributed by atoms with Gasteiger partial charge in [0.15, 0.2) is 0 Å². The summed E-state index contributed by atoms with van der Waals surface area (Å²) in [6.07, 6.45) is 0.221. The molecule has 12 heteroatoms. The summed E-state index contributed by atoms with van der Waals surface area (Å²) >= 11 is 0. The molecule has 0 aliphatic carbocycles. The van der Waals surface area contributed by atoms with Crippen molar-refractivity contribution in [2.24, 2.45) is 5.92 Å². The number of nitrogens with one attached hydrogen (secondary N) is 3. The maximum Gasteiger partial charge on any atom is 0.514 e. The summed E-state index contributed by atoms with van der Waals surface area (Å²) in [4.78, 5) is 62.7. The molecule has 3 atom stereocenters. The third kappa shape index (κ3) is 10.2. The Morgan fingerprint density at radius 2 is 1.82 bits per heavy atom. The van der Waals surface area contributed by atoms with Crippen LogP contribution in [-0.4, -0.2) is 72.2 Å². The SMILES string of the molecule is COC(=O)[C@@H]1CCCN(C(=O)[C@H](Cc2cccc(OC(=O)OC(C)(C)C)c2)NC(=O)[C@@H](NC(C)=O)C(C)C)N1. The largest absolute Gasteiger partial charge is 0.514 e. The molecule has 216 valence electrons. The van der Waals surface area contributed by atoms with Crippen LogP contribution < -0.4 is 20.8 Å². The van der Waals surface area contributed by atoms with Crippen molar-refractivity contribution in [3.8, 4) is 5.75 Å². The van der Waals surface area contributed by atoms with Gasteiger partial charge in [0.25, 0.3) is 5.91 Å². The standard InChI is InChI=1S/C27H40N4O8/c1-16(2)22(28-17(3)32)23(33)29-21(24(34)31-13-9-12-20(30-31)25(35)37-7)15-18-10-8-11-19(14-18)38-26(36)39-27(4,5)6/h8,10-11,14,16,20-22,30H,9,12-13,15H2,1-7H3,(H,28,32)(H,29,33)/t20-,21-,22-/m0/s1. The molecule has 1 aliphatic heterocycles. The smallest absolute Gasteiger partial charge is 0.468 e. The van der Waals surface area contributed by atoms with Crippen LogP contribution in [0.1, 0.15) is 59.9 Å². The topological polar surface area (TPSA) is 152 Å². The molecule has 0 aromatic heterocycles. The van der Waals surface area contributed by atoms with Crippen LogP contribution in [0.25, 0.3) is 0 Å². The highest BCUT2D eigenvalue weighted by molar-refractivity contribution is 5.92. The van der Waals surface area contributed by atoms with Crippen LogP contribution in [0.2, 0.25) is 0 Å². The van der Waals surface area contributed by atoms with Crippen molar-refractivity contribution in [3.05, 3.63) is 29.8 Å². The third-order valence-corrected chi connectivity index (χ3v) is 5.79. The highest BCUT2D eigenvalue weighted by Crippen LogP contribution is 2.19. The number of methoxy groups -OCH3 is 1. The Morgan fingerprint density at radius 3 is 2.41 bits per heavy atom. The molecule has 0 radical (unpaired) electrons. The van der Waals surface area contributed by atoms with E-state index in [2.05, 4.69) is 16.1 Å². The molecule has 2 rings (SSSR count). The lowest BCUT2D eigenvalue weighted by Gasteiger charge is -2.35. The van der Waals surface area contributed by atoms with Gasteiger partial charge in [0.1, 0.15) is 29.5 Å². The number of carbonyl (C=O) groups is 5. The first-order valence-corrected chi connectivity index (χ1v) is 12.9. The van der Waals surface area contributed by atoms with Crippen LogP contribution in [0.3, 0.4) is 0 Å². The normalized spacial score (nSPS) is 17.0. The first kappa shape index (κ1) is 31.5. The number of hydrogen-bond acceptors (Lipinski definition) is 9. The molecule has 1 fully saturated rings. The van der Waals surface area contributed by atoms with Gasteiger partial charge in [-0.1, -0.05) is 26.0 Å². The summed E-state index contributed by atoms with van der Waals surface area (Å²) in [6, 6.07) is 3.90. The van der Waals surface area contributed by atoms with E-state index in [9.17, 15) is 24.0 Å². The molecule has 39 heavy (non-hydrogen) atoms. The van der Waals surface area contributed by atoms with Crippen molar-refractivity contribution in [1.29, 1.82) is 0 Å². The van der Waals surface area contributed by atoms with E-state index in [0.717, 1.165) is 0 Å². The van der Waals surface area contributed by atoms with E-state index in [1.807, 2.05) is 0 Å². The van der Waals surface area contributed by atoms with E-state index in [0.29, 0.717) is 24.9 Å². The Hall–Kier alpha value is -3.67. The summed E-state index contributed by atoms with van der Waals surface area (Å²) in [5, 5.41) is 6.69. The molecule has 1 aromatic rings. The van der Waals surface area contributed by atoms with Gasteiger partial charge < -0.3 is 24.8 Å². The molecule has 0 saturated carbocycles. The minimum Gasteiger partial charge on any atom is -0.468 e. The molecule has 0 spiro atoms. The zero-order valence-corrected chi connectivity index (χ0v) is 23.7. The summed E-state index contributed by atoms with van der Waals surface area (Å²) in [6.45, 7) is 10.3. The summed E-state index contributed by atoms with van der Waals surface area (Å²) in [7, 11) is 1.27. The van der Waals surface area contributed by atoms with Crippen LogP contribution in [0.15, 0.2) is 24.3 Å². The van der Waals surface area contributed by atoms with Gasteiger partial charge in [0, 0.05) is 19.9 Å². The van der Waals surface area contributed by atoms with Crippen LogP contribution in [-0.2, 0) is 35.1 Å². The zero-order valence-electron chi connectivity index (χ0n) is 23.7. The Bertz CT molecular complexity index is 1050. The second-order valence-electron chi connectivity index (χ2n) is 10.7. The van der Waals surface area contributed by atoms with Gasteiger partial charge in [0.2, 0.25) is 11.8 Å². The van der Waals surface area contributed by atoms with Gasteiger partial charge in [-0.05, 0) is 57.2 Å². The quantitative estimate of drug-likeness (QED) is 0.310. The van der Waals surface area contributed by atoms with Gasteiger partial charge in [-0.25, -0.2) is 10.2 Å². The minimum atomic E-state index is -1.06. The van der Waals surface area contributed by atoms with Gasteiger partial charge in [-0.3, -0.25) is 24.2 Å². The molecule has 1 aliphatic rings. The van der Waals surface area contributed by atoms with Crippen molar-refractivity contribution in [1.82, 2.24) is 21.1 Å². The van der Waals surface area contributed by atoms with E-state index >= 15 is 0 Å². The number of ether oxygens (including phenoxy) is 3. The number of esters is 1. The first-order valence-electron chi connectivity index (χ1n) is 12.9. The van der Waals surface area contributed by atoms with Crippen molar-refractivity contribution in [3.63, 3.8) is 0 Å². The molecule has 1 saturated heterocycles. The van der Waals surface area contributed by atoms with E-state index in [4.69, 9.17) is 14.2 Å². The predicted octanol–water partition coefficient (Wildman–Crippen LogP) is 1.86. The van der Waals surface area contributed by atoms with Crippen molar-refractivity contribution < 1.29 is 38.2 Å². The summed E-state index contributed by atoms with van der Waals surface area (Å²) in [5.74, 6) is -1.91. The van der Waals surface area contributed by atoms with E-state index < -0.39 is 47.7 Å². The number of carbonyl (C=O) groups excluding carboxylic acids is 5. The Kier molecular flexibility index (Phi) is 11.3. The first-order chi connectivity index (χ1) is 18.2. The summed E-state index contributed by atoms with van der Waals surface area (Å²) < 4.78 is 15.3. The van der Waals surface area contributed by atoms with Crippen LogP contribution in [0, 0.1) is 5.92 Å². The second-order valence-corrected chi connectivity index (χ2v) is 10.7. The van der Waals surface area contributed by atoms with Crippen LogP contribution >= 0.6 is 0 Å². The maximum absolute atomic E-state index is 13.6. The monoisotopic (exact) mass is 548 g/mol. The molecule has 12 nitrogen and oxygen atoms in total. The molecular formula is C27H40N4O8. The fourth-order valence-corrected chi connectivity index (χ4v) is 4.00. The van der Waals surface area contributed by atoms with Crippen molar-refractivity contribution >= 4 is 29.8 Å². The van der Waals surface area contributed by atoms with Gasteiger partial charge >= 0.3 is 12.1 Å². The molecule has 0 bridgehead atoms. The van der Waals surface area contributed by atoms with Gasteiger partial charge in [-0.15, -0.1) is 0 Å².